The zero-order chi connectivity index (χ0) is 30.3. The van der Waals surface area contributed by atoms with Crippen LogP contribution in [0, 0.1) is 0 Å². The van der Waals surface area contributed by atoms with Crippen molar-refractivity contribution in [2.75, 3.05) is 43.2 Å². The summed E-state index contributed by atoms with van der Waals surface area (Å²) < 4.78 is 5.10. The second-order valence-electron chi connectivity index (χ2n) is 9.68. The van der Waals surface area contributed by atoms with E-state index in [0.717, 1.165) is 0 Å². The van der Waals surface area contributed by atoms with Crippen LogP contribution in [-0.2, 0) is 25.5 Å². The molecule has 0 fully saturated rings. The number of amides is 4. The first-order valence-corrected chi connectivity index (χ1v) is 13.6. The quantitative estimate of drug-likeness (QED) is 0.135. The van der Waals surface area contributed by atoms with Gasteiger partial charge >= 0.3 is 12.0 Å². The van der Waals surface area contributed by atoms with Crippen LogP contribution in [0.15, 0.2) is 78.9 Å². The number of hydrogen-bond acceptors (Lipinski definition) is 6. The normalized spacial score (nSPS) is 11.3. The summed E-state index contributed by atoms with van der Waals surface area (Å²) in [5.41, 5.74) is 8.70. The molecule has 1 atom stereocenters. The fourth-order valence-electron chi connectivity index (χ4n) is 4.25. The molecule has 11 heteroatoms. The van der Waals surface area contributed by atoms with Gasteiger partial charge in [-0.05, 0) is 48.2 Å². The van der Waals surface area contributed by atoms with Gasteiger partial charge in [-0.3, -0.25) is 14.4 Å². The number of nitrogens with two attached hydrogens (primary N) is 1. The van der Waals surface area contributed by atoms with E-state index in [1.165, 1.54) is 4.90 Å². The monoisotopic (exact) mass is 575 g/mol. The lowest BCUT2D eigenvalue weighted by molar-refractivity contribution is -0.139. The summed E-state index contributed by atoms with van der Waals surface area (Å²) >= 11 is 0. The minimum Gasteiger partial charge on any atom is -0.481 e. The first kappa shape index (κ1) is 31.6. The fraction of sp³-hybridized carbons (Fsp3) is 0.290. The molecule has 3 aromatic rings. The summed E-state index contributed by atoms with van der Waals surface area (Å²) in [6, 6.07) is 21.4. The van der Waals surface area contributed by atoms with Gasteiger partial charge in [-0.2, -0.15) is 0 Å². The lowest BCUT2D eigenvalue weighted by Crippen LogP contribution is -2.43. The first-order valence-electron chi connectivity index (χ1n) is 13.6. The van der Waals surface area contributed by atoms with Gasteiger partial charge in [0, 0.05) is 25.9 Å². The molecule has 42 heavy (non-hydrogen) atoms. The van der Waals surface area contributed by atoms with E-state index in [4.69, 9.17) is 10.5 Å². The number of nitrogen functional groups attached to an aromatic ring is 1. The minimum atomic E-state index is -1.05. The van der Waals surface area contributed by atoms with E-state index >= 15 is 0 Å². The molecule has 0 aromatic heterocycles. The second-order valence-corrected chi connectivity index (χ2v) is 9.68. The van der Waals surface area contributed by atoms with Crippen LogP contribution in [-0.4, -0.2) is 60.6 Å². The van der Waals surface area contributed by atoms with E-state index in [1.54, 1.807) is 79.9 Å². The maximum atomic E-state index is 13.3. The molecule has 222 valence electrons. The lowest BCUT2D eigenvalue weighted by atomic mass is 10.0. The zero-order valence-corrected chi connectivity index (χ0v) is 23.5. The van der Waals surface area contributed by atoms with Crippen LogP contribution < -0.4 is 21.7 Å². The van der Waals surface area contributed by atoms with Crippen LogP contribution in [0.3, 0.4) is 0 Å². The third kappa shape index (κ3) is 10.6. The van der Waals surface area contributed by atoms with Crippen molar-refractivity contribution in [2.45, 2.75) is 31.7 Å². The molecule has 4 amide bonds. The Balaban J connectivity index is 1.61. The lowest BCUT2D eigenvalue weighted by Gasteiger charge is -2.24. The van der Waals surface area contributed by atoms with Crippen LogP contribution >= 0.6 is 0 Å². The number of unbranched alkanes of at least 4 members (excludes halogenated alkanes) is 1. The van der Waals surface area contributed by atoms with E-state index in [0.29, 0.717) is 54.2 Å². The van der Waals surface area contributed by atoms with Crippen LogP contribution in [0.5, 0.6) is 0 Å². The molecule has 11 nitrogen and oxygen atoms in total. The SMILES string of the molecule is COCCCCN(CC(=O)N[C@@H](CC(=O)O)c1ccccc1)C(=O)Cc1ccc(NC(=O)Nc2ccccc2N)cc1. The summed E-state index contributed by atoms with van der Waals surface area (Å²) in [5.74, 6) is -1.75. The van der Waals surface area contributed by atoms with E-state index in [9.17, 15) is 24.3 Å². The van der Waals surface area contributed by atoms with Gasteiger partial charge in [-0.25, -0.2) is 4.79 Å². The van der Waals surface area contributed by atoms with Crippen LogP contribution in [0.25, 0.3) is 0 Å². The number of carbonyl (C=O) groups excluding carboxylic acids is 3. The van der Waals surface area contributed by atoms with Gasteiger partial charge in [-0.15, -0.1) is 0 Å². The predicted molar refractivity (Wildman–Crippen MR) is 161 cm³/mol. The molecule has 0 aliphatic heterocycles. The van der Waals surface area contributed by atoms with Crippen LogP contribution in [0.2, 0.25) is 0 Å². The number of carboxylic acids is 1. The van der Waals surface area contributed by atoms with Crippen LogP contribution in [0.4, 0.5) is 21.9 Å². The Morgan fingerprint density at radius 1 is 0.905 bits per heavy atom. The fourth-order valence-corrected chi connectivity index (χ4v) is 4.25. The number of anilines is 3. The Labute approximate surface area is 245 Å². The van der Waals surface area contributed by atoms with Crippen molar-refractivity contribution in [3.8, 4) is 0 Å². The molecule has 0 saturated heterocycles. The van der Waals surface area contributed by atoms with Gasteiger partial charge in [0.25, 0.3) is 0 Å². The molecule has 0 saturated carbocycles. The Hall–Kier alpha value is -4.90. The average Bonchev–Trinajstić information content (AvgIpc) is 2.96. The molecule has 6 N–H and O–H groups in total. The molecule has 0 unspecified atom stereocenters. The third-order valence-electron chi connectivity index (χ3n) is 6.41. The number of benzene rings is 3. The maximum absolute atomic E-state index is 13.3. The summed E-state index contributed by atoms with van der Waals surface area (Å²) in [6.45, 7) is 0.659. The highest BCUT2D eigenvalue weighted by Crippen LogP contribution is 2.19. The number of aliphatic carboxylic acids is 1. The second kappa shape index (κ2) is 16.4. The van der Waals surface area contributed by atoms with Crippen molar-refractivity contribution in [3.63, 3.8) is 0 Å². The summed E-state index contributed by atoms with van der Waals surface area (Å²) in [5, 5.41) is 17.5. The topological polar surface area (TPSA) is 163 Å². The van der Waals surface area contributed by atoms with Gasteiger partial charge in [-0.1, -0.05) is 54.6 Å². The molecule has 3 rings (SSSR count). The molecule has 3 aromatic carbocycles. The Morgan fingerprint density at radius 3 is 2.26 bits per heavy atom. The van der Waals surface area contributed by atoms with E-state index in [2.05, 4.69) is 16.0 Å². The molecule has 0 aliphatic carbocycles. The molecule has 0 spiro atoms. The van der Waals surface area contributed by atoms with Crippen molar-refractivity contribution in [1.82, 2.24) is 10.2 Å². The standard InChI is InChI=1S/C31H37N5O6/c1-42-18-8-7-17-36(21-28(37)34-27(20-30(39)40)23-9-3-2-4-10-23)29(38)19-22-13-15-24(16-14-22)33-31(41)35-26-12-6-5-11-25(26)32/h2-6,9-16,27H,7-8,17-21,32H2,1H3,(H,34,37)(H,39,40)(H2,33,35,41)/t27-/m0/s1. The molecule has 0 heterocycles. The van der Waals surface area contributed by atoms with Crippen molar-refractivity contribution in [2.24, 2.45) is 0 Å². The average molecular weight is 576 g/mol. The predicted octanol–water partition coefficient (Wildman–Crippen LogP) is 4.04. The number of nitrogens with zero attached hydrogens (tertiary/aromatic N) is 1. The number of urea groups is 1. The van der Waals surface area contributed by atoms with Gasteiger partial charge in [0.15, 0.2) is 0 Å². The number of carbonyl (C=O) groups is 4. The Kier molecular flexibility index (Phi) is 12.3. The summed E-state index contributed by atoms with van der Waals surface area (Å²) in [4.78, 5) is 51.5. The van der Waals surface area contributed by atoms with Crippen molar-refractivity contribution in [3.05, 3.63) is 90.0 Å². The molecule has 0 bridgehead atoms. The third-order valence-corrected chi connectivity index (χ3v) is 6.41. The summed E-state index contributed by atoms with van der Waals surface area (Å²) in [7, 11) is 1.60. The molecular weight excluding hydrogens is 538 g/mol. The molecular formula is C31H37N5O6. The van der Waals surface area contributed by atoms with Crippen LogP contribution in [0.1, 0.15) is 36.4 Å². The van der Waals surface area contributed by atoms with Crippen molar-refractivity contribution < 1.29 is 29.0 Å². The van der Waals surface area contributed by atoms with Gasteiger partial charge in [0.05, 0.1) is 36.8 Å². The minimum absolute atomic E-state index is 0.0435. The molecule has 0 radical (unpaired) electrons. The molecule has 0 aliphatic rings. The number of para-hydroxylation sites is 2. The van der Waals surface area contributed by atoms with Gasteiger partial charge in [0.2, 0.25) is 11.8 Å². The van der Waals surface area contributed by atoms with Crippen molar-refractivity contribution >= 4 is 40.9 Å². The largest absolute Gasteiger partial charge is 0.481 e. The Bertz CT molecular complexity index is 1330. The van der Waals surface area contributed by atoms with Crippen molar-refractivity contribution in [1.29, 1.82) is 0 Å². The summed E-state index contributed by atoms with van der Waals surface area (Å²) in [6.07, 6.45) is 1.11. The Morgan fingerprint density at radius 2 is 1.60 bits per heavy atom. The number of carboxylic acid groups (broad SMARTS) is 1. The number of hydrogen-bond donors (Lipinski definition) is 5. The number of nitrogens with one attached hydrogen (secondary N) is 3. The zero-order valence-electron chi connectivity index (χ0n) is 23.5. The smallest absolute Gasteiger partial charge is 0.323 e. The van der Waals surface area contributed by atoms with E-state index in [-0.39, 0.29) is 25.3 Å². The highest BCUT2D eigenvalue weighted by Gasteiger charge is 2.22. The van der Waals surface area contributed by atoms with Gasteiger partial charge in [0.1, 0.15) is 0 Å². The highest BCUT2D eigenvalue weighted by atomic mass is 16.5. The maximum Gasteiger partial charge on any atom is 0.323 e. The van der Waals surface area contributed by atoms with E-state index < -0.39 is 23.9 Å². The number of rotatable bonds is 15. The van der Waals surface area contributed by atoms with Gasteiger partial charge < -0.3 is 36.4 Å². The first-order chi connectivity index (χ1) is 20.2. The van der Waals surface area contributed by atoms with E-state index in [1.807, 2.05) is 6.07 Å². The number of ether oxygens (including phenoxy) is 1. The highest BCUT2D eigenvalue weighted by molar-refractivity contribution is 6.01. The number of methoxy groups -OCH3 is 1.